The first kappa shape index (κ1) is 12.9. The molecule has 3 N–H and O–H groups in total. The van der Waals surface area contributed by atoms with E-state index in [1.54, 1.807) is 6.08 Å². The van der Waals surface area contributed by atoms with Crippen molar-refractivity contribution in [1.82, 2.24) is 0 Å². The molecule has 0 aliphatic carbocycles. The summed E-state index contributed by atoms with van der Waals surface area (Å²) in [6.45, 7) is 2.01. The highest BCUT2D eigenvalue weighted by atomic mass is 16.1. The van der Waals surface area contributed by atoms with Gasteiger partial charge in [-0.25, -0.2) is 0 Å². The number of nitrogens with two attached hydrogens (primary N) is 1. The van der Waals surface area contributed by atoms with Gasteiger partial charge in [0.05, 0.1) is 0 Å². The van der Waals surface area contributed by atoms with Crippen molar-refractivity contribution in [3.8, 4) is 0 Å². The molecule has 0 aliphatic rings. The molecular weight excluding hydrogens is 236 g/mol. The van der Waals surface area contributed by atoms with Gasteiger partial charge in [0.1, 0.15) is 0 Å². The summed E-state index contributed by atoms with van der Waals surface area (Å²) in [5.74, 6) is -0.161. The molecule has 3 nitrogen and oxygen atoms in total. The van der Waals surface area contributed by atoms with Crippen LogP contribution in [0.25, 0.3) is 6.08 Å². The van der Waals surface area contributed by atoms with Crippen molar-refractivity contribution in [2.45, 2.75) is 6.92 Å². The monoisotopic (exact) mass is 252 g/mol. The summed E-state index contributed by atoms with van der Waals surface area (Å²) in [7, 11) is 0. The Morgan fingerprint density at radius 3 is 2.58 bits per heavy atom. The van der Waals surface area contributed by atoms with Gasteiger partial charge in [0.2, 0.25) is 5.91 Å². The lowest BCUT2D eigenvalue weighted by atomic mass is 10.2. The van der Waals surface area contributed by atoms with Gasteiger partial charge in [0, 0.05) is 17.5 Å². The zero-order valence-electron chi connectivity index (χ0n) is 10.8. The second kappa shape index (κ2) is 5.87. The fraction of sp³-hybridized carbons (Fsp3) is 0.0625. The van der Waals surface area contributed by atoms with Gasteiger partial charge < -0.3 is 11.1 Å². The highest BCUT2D eigenvalue weighted by Gasteiger charge is 1.97. The molecule has 0 unspecified atom stereocenters. The second-order valence-corrected chi connectivity index (χ2v) is 4.36. The predicted molar refractivity (Wildman–Crippen MR) is 79.7 cm³/mol. The Morgan fingerprint density at radius 1 is 1.16 bits per heavy atom. The fourth-order valence-corrected chi connectivity index (χ4v) is 1.66. The number of nitrogen functional groups attached to an aromatic ring is 1. The summed E-state index contributed by atoms with van der Waals surface area (Å²) < 4.78 is 0. The van der Waals surface area contributed by atoms with Gasteiger partial charge in [-0.3, -0.25) is 4.79 Å². The third kappa shape index (κ3) is 4.00. The van der Waals surface area contributed by atoms with E-state index in [2.05, 4.69) is 5.32 Å². The summed E-state index contributed by atoms with van der Waals surface area (Å²) in [6, 6.07) is 15.0. The zero-order valence-corrected chi connectivity index (χ0v) is 10.8. The molecule has 0 heterocycles. The van der Waals surface area contributed by atoms with E-state index in [9.17, 15) is 4.79 Å². The van der Waals surface area contributed by atoms with Crippen molar-refractivity contribution in [3.05, 3.63) is 65.7 Å². The van der Waals surface area contributed by atoms with Crippen molar-refractivity contribution in [2.75, 3.05) is 11.1 Å². The number of rotatable bonds is 3. The van der Waals surface area contributed by atoms with Crippen molar-refractivity contribution < 1.29 is 4.79 Å². The lowest BCUT2D eigenvalue weighted by Crippen LogP contribution is -2.07. The first-order valence-corrected chi connectivity index (χ1v) is 6.05. The fourth-order valence-electron chi connectivity index (χ4n) is 1.66. The van der Waals surface area contributed by atoms with Crippen LogP contribution in [0, 0.1) is 6.92 Å². The first-order valence-electron chi connectivity index (χ1n) is 6.05. The summed E-state index contributed by atoms with van der Waals surface area (Å²) in [5, 5.41) is 2.80. The number of benzene rings is 2. The van der Waals surface area contributed by atoms with Crippen molar-refractivity contribution in [1.29, 1.82) is 0 Å². The van der Waals surface area contributed by atoms with E-state index in [4.69, 9.17) is 5.73 Å². The maximum Gasteiger partial charge on any atom is 0.248 e. The van der Waals surface area contributed by atoms with E-state index in [1.165, 1.54) is 6.08 Å². The minimum absolute atomic E-state index is 0.161. The predicted octanol–water partition coefficient (Wildman–Crippen LogP) is 3.23. The summed E-state index contributed by atoms with van der Waals surface area (Å²) >= 11 is 0. The van der Waals surface area contributed by atoms with Crippen LogP contribution >= 0.6 is 0 Å². The highest BCUT2D eigenvalue weighted by molar-refractivity contribution is 6.01. The van der Waals surface area contributed by atoms with E-state index in [1.807, 2.05) is 55.5 Å². The summed E-state index contributed by atoms with van der Waals surface area (Å²) in [6.07, 6.45) is 3.23. The molecule has 1 amide bonds. The molecule has 2 aromatic rings. The molecular formula is C16H16N2O. The Hall–Kier alpha value is -2.55. The van der Waals surface area contributed by atoms with E-state index in [0.29, 0.717) is 5.69 Å². The minimum Gasteiger partial charge on any atom is -0.399 e. The van der Waals surface area contributed by atoms with Crippen LogP contribution in [0.5, 0.6) is 0 Å². The van der Waals surface area contributed by atoms with E-state index in [-0.39, 0.29) is 5.91 Å². The third-order valence-corrected chi connectivity index (χ3v) is 2.66. The number of carbonyl (C=O) groups excluding carboxylic acids is 1. The number of carbonyl (C=O) groups is 1. The number of anilines is 2. The number of hydrogen-bond acceptors (Lipinski definition) is 2. The van der Waals surface area contributed by atoms with Gasteiger partial charge in [-0.2, -0.15) is 0 Å². The van der Waals surface area contributed by atoms with Gasteiger partial charge in [-0.05, 0) is 42.8 Å². The molecule has 0 saturated heterocycles. The lowest BCUT2D eigenvalue weighted by Gasteiger charge is -2.02. The summed E-state index contributed by atoms with van der Waals surface area (Å²) in [4.78, 5) is 11.7. The van der Waals surface area contributed by atoms with Gasteiger partial charge in [-0.15, -0.1) is 0 Å². The molecule has 0 aliphatic heterocycles. The molecule has 2 aromatic carbocycles. The van der Waals surface area contributed by atoms with E-state index < -0.39 is 0 Å². The maximum atomic E-state index is 11.7. The van der Waals surface area contributed by atoms with Gasteiger partial charge in [0.25, 0.3) is 0 Å². The smallest absolute Gasteiger partial charge is 0.248 e. The Kier molecular flexibility index (Phi) is 3.98. The number of aryl methyl sites for hydroxylation is 1. The highest BCUT2D eigenvalue weighted by Crippen LogP contribution is 2.10. The van der Waals surface area contributed by atoms with Gasteiger partial charge in [0.15, 0.2) is 0 Å². The number of amides is 1. The zero-order chi connectivity index (χ0) is 13.7. The molecule has 0 saturated carbocycles. The topological polar surface area (TPSA) is 55.1 Å². The summed E-state index contributed by atoms with van der Waals surface area (Å²) in [5.41, 5.74) is 9.20. The van der Waals surface area contributed by atoms with E-state index >= 15 is 0 Å². The van der Waals surface area contributed by atoms with Crippen molar-refractivity contribution >= 4 is 23.4 Å². The van der Waals surface area contributed by atoms with E-state index in [0.717, 1.165) is 16.8 Å². The van der Waals surface area contributed by atoms with Crippen LogP contribution < -0.4 is 11.1 Å². The molecule has 19 heavy (non-hydrogen) atoms. The van der Waals surface area contributed by atoms with Crippen LogP contribution in [0.15, 0.2) is 54.6 Å². The second-order valence-electron chi connectivity index (χ2n) is 4.36. The quantitative estimate of drug-likeness (QED) is 0.651. The van der Waals surface area contributed by atoms with Gasteiger partial charge >= 0.3 is 0 Å². The third-order valence-electron chi connectivity index (χ3n) is 2.66. The minimum atomic E-state index is -0.161. The first-order chi connectivity index (χ1) is 9.13. The SMILES string of the molecule is Cc1ccc(NC(=O)/C=C/c2cccc(N)c2)cc1. The maximum absolute atomic E-state index is 11.7. The molecule has 0 fully saturated rings. The number of nitrogens with one attached hydrogen (secondary N) is 1. The molecule has 3 heteroatoms. The largest absolute Gasteiger partial charge is 0.399 e. The molecule has 0 atom stereocenters. The van der Waals surface area contributed by atoms with Crippen LogP contribution in [-0.2, 0) is 4.79 Å². The average Bonchev–Trinajstić information content (AvgIpc) is 2.39. The molecule has 0 spiro atoms. The molecule has 0 bridgehead atoms. The molecule has 0 radical (unpaired) electrons. The van der Waals surface area contributed by atoms with Gasteiger partial charge in [-0.1, -0.05) is 29.8 Å². The van der Waals surface area contributed by atoms with Crippen molar-refractivity contribution in [2.24, 2.45) is 0 Å². The normalized spacial score (nSPS) is 10.6. The van der Waals surface area contributed by atoms with Crippen LogP contribution in [-0.4, -0.2) is 5.91 Å². The Morgan fingerprint density at radius 2 is 1.89 bits per heavy atom. The van der Waals surface area contributed by atoms with Crippen LogP contribution in [0.3, 0.4) is 0 Å². The Labute approximate surface area is 112 Å². The standard InChI is InChI=1S/C16H16N2O/c1-12-5-8-15(9-6-12)18-16(19)10-7-13-3-2-4-14(17)11-13/h2-11H,17H2,1H3,(H,18,19)/b10-7+. The molecule has 96 valence electrons. The average molecular weight is 252 g/mol. The van der Waals surface area contributed by atoms with Crippen molar-refractivity contribution in [3.63, 3.8) is 0 Å². The molecule has 0 aromatic heterocycles. The van der Waals surface area contributed by atoms with Crippen LogP contribution in [0.1, 0.15) is 11.1 Å². The Bertz CT molecular complexity index is 600. The molecule has 2 rings (SSSR count). The lowest BCUT2D eigenvalue weighted by molar-refractivity contribution is -0.111. The van der Waals surface area contributed by atoms with Crippen LogP contribution in [0.2, 0.25) is 0 Å². The Balaban J connectivity index is 1.99. The van der Waals surface area contributed by atoms with Crippen LogP contribution in [0.4, 0.5) is 11.4 Å². The number of hydrogen-bond donors (Lipinski definition) is 2.